The molecule has 1 saturated carbocycles. The van der Waals surface area contributed by atoms with Gasteiger partial charge < -0.3 is 20.0 Å². The number of carboxylic acids is 2. The molecule has 2 aliphatic heterocycles. The Balaban J connectivity index is 0.000000271. The van der Waals surface area contributed by atoms with Gasteiger partial charge in [0, 0.05) is 50.5 Å². The number of halogens is 6. The number of amides is 1. The first-order valence-electron chi connectivity index (χ1n) is 11.2. The van der Waals surface area contributed by atoms with E-state index in [1.807, 2.05) is 12.3 Å². The van der Waals surface area contributed by atoms with Gasteiger partial charge in [0.25, 0.3) is 0 Å². The molecule has 8 nitrogen and oxygen atoms in total. The zero-order valence-corrected chi connectivity index (χ0v) is 19.2. The van der Waals surface area contributed by atoms with E-state index in [4.69, 9.17) is 19.8 Å². The van der Waals surface area contributed by atoms with Crippen LogP contribution in [0.3, 0.4) is 0 Å². The Kier molecular flexibility index (Phi) is 9.69. The fourth-order valence-corrected chi connectivity index (χ4v) is 4.14. The first-order chi connectivity index (χ1) is 16.6. The van der Waals surface area contributed by atoms with E-state index in [1.165, 1.54) is 19.4 Å². The summed E-state index contributed by atoms with van der Waals surface area (Å²) in [6.45, 7) is 4.34. The van der Waals surface area contributed by atoms with Gasteiger partial charge in [-0.1, -0.05) is 6.07 Å². The van der Waals surface area contributed by atoms with Crippen LogP contribution >= 0.6 is 0 Å². The molecule has 4 rings (SSSR count). The predicted octanol–water partition coefficient (Wildman–Crippen LogP) is 3.72. The summed E-state index contributed by atoms with van der Waals surface area (Å²) in [6.07, 6.45) is 0.424. The van der Waals surface area contributed by atoms with E-state index in [-0.39, 0.29) is 5.54 Å². The highest BCUT2D eigenvalue weighted by Crippen LogP contribution is 2.41. The second kappa shape index (κ2) is 11.9. The number of carbonyl (C=O) groups is 3. The quantitative estimate of drug-likeness (QED) is 0.575. The summed E-state index contributed by atoms with van der Waals surface area (Å²) in [7, 11) is 0. The van der Waals surface area contributed by atoms with Gasteiger partial charge >= 0.3 is 24.3 Å². The van der Waals surface area contributed by atoms with Gasteiger partial charge in [0.15, 0.2) is 0 Å². The molecule has 3 fully saturated rings. The summed E-state index contributed by atoms with van der Waals surface area (Å²) in [4.78, 5) is 39.2. The van der Waals surface area contributed by atoms with Crippen LogP contribution in [0.4, 0.5) is 26.3 Å². The summed E-state index contributed by atoms with van der Waals surface area (Å²) in [5, 5.41) is 14.2. The van der Waals surface area contributed by atoms with E-state index in [1.54, 1.807) is 6.20 Å². The van der Waals surface area contributed by atoms with Crippen LogP contribution in [-0.2, 0) is 20.9 Å². The van der Waals surface area contributed by atoms with Crippen LogP contribution in [0.1, 0.15) is 44.1 Å². The lowest BCUT2D eigenvalue weighted by molar-refractivity contribution is -0.193. The third-order valence-electron chi connectivity index (χ3n) is 6.23. The maximum Gasteiger partial charge on any atom is 0.490 e. The highest BCUT2D eigenvalue weighted by Gasteiger charge is 2.47. The molecule has 1 aromatic rings. The van der Waals surface area contributed by atoms with Gasteiger partial charge in [-0.3, -0.25) is 9.78 Å². The Bertz CT molecular complexity index is 874. The molecular formula is C22H27F6N3O5. The van der Waals surface area contributed by atoms with Gasteiger partial charge in [0.2, 0.25) is 5.91 Å². The van der Waals surface area contributed by atoms with Gasteiger partial charge in [-0.2, -0.15) is 26.3 Å². The molecule has 1 aromatic heterocycles. The van der Waals surface area contributed by atoms with Crippen LogP contribution in [-0.4, -0.2) is 80.4 Å². The smallest absolute Gasteiger partial charge is 0.475 e. The molecule has 14 heteroatoms. The largest absolute Gasteiger partial charge is 0.490 e. The van der Waals surface area contributed by atoms with E-state index in [0.717, 1.165) is 56.8 Å². The Labute approximate surface area is 202 Å². The van der Waals surface area contributed by atoms with Gasteiger partial charge in [-0.15, -0.1) is 0 Å². The van der Waals surface area contributed by atoms with Crippen molar-refractivity contribution in [2.75, 3.05) is 19.6 Å². The Hall–Kier alpha value is -2.90. The maximum absolute atomic E-state index is 12.4. The van der Waals surface area contributed by atoms with E-state index in [0.29, 0.717) is 5.91 Å². The number of aromatic nitrogens is 1. The topological polar surface area (TPSA) is 111 Å². The molecular weight excluding hydrogens is 500 g/mol. The van der Waals surface area contributed by atoms with Crippen LogP contribution < -0.4 is 0 Å². The number of hydrogen-bond donors (Lipinski definition) is 2. The van der Waals surface area contributed by atoms with Crippen molar-refractivity contribution in [2.24, 2.45) is 5.92 Å². The van der Waals surface area contributed by atoms with E-state index >= 15 is 0 Å². The lowest BCUT2D eigenvalue weighted by atomic mass is 9.84. The lowest BCUT2D eigenvalue weighted by Gasteiger charge is -2.45. The van der Waals surface area contributed by atoms with E-state index in [2.05, 4.69) is 20.9 Å². The van der Waals surface area contributed by atoms with Crippen molar-refractivity contribution in [1.82, 2.24) is 14.8 Å². The third-order valence-corrected chi connectivity index (χ3v) is 6.23. The Morgan fingerprint density at radius 1 is 1.00 bits per heavy atom. The Morgan fingerprint density at radius 3 is 1.94 bits per heavy atom. The first kappa shape index (κ1) is 29.3. The van der Waals surface area contributed by atoms with E-state index in [9.17, 15) is 31.1 Å². The monoisotopic (exact) mass is 527 g/mol. The number of likely N-dealkylation sites (tertiary alicyclic amines) is 2. The number of carboxylic acid groups (broad SMARTS) is 2. The van der Waals surface area contributed by atoms with Crippen molar-refractivity contribution in [1.29, 1.82) is 0 Å². The molecule has 2 saturated heterocycles. The van der Waals surface area contributed by atoms with Crippen LogP contribution in [0, 0.1) is 5.92 Å². The molecule has 0 atom stereocenters. The number of carbonyl (C=O) groups excluding carboxylic acids is 1. The Morgan fingerprint density at radius 2 is 1.53 bits per heavy atom. The molecule has 1 spiro atoms. The van der Waals surface area contributed by atoms with Gasteiger partial charge in [-0.25, -0.2) is 9.59 Å². The molecule has 36 heavy (non-hydrogen) atoms. The molecule has 0 bridgehead atoms. The lowest BCUT2D eigenvalue weighted by Crippen LogP contribution is -2.53. The summed E-state index contributed by atoms with van der Waals surface area (Å²) < 4.78 is 63.5. The molecule has 1 aliphatic carbocycles. The third kappa shape index (κ3) is 8.95. The number of aliphatic carboxylic acids is 2. The highest BCUT2D eigenvalue weighted by molar-refractivity contribution is 5.79. The summed E-state index contributed by atoms with van der Waals surface area (Å²) in [6, 6.07) is 4.04. The predicted molar refractivity (Wildman–Crippen MR) is 113 cm³/mol. The molecule has 2 N–H and O–H groups in total. The normalized spacial score (nSPS) is 19.7. The van der Waals surface area contributed by atoms with Crippen LogP contribution in [0.2, 0.25) is 0 Å². The minimum atomic E-state index is -5.08. The molecule has 202 valence electrons. The second-order valence-corrected chi connectivity index (χ2v) is 8.92. The van der Waals surface area contributed by atoms with Crippen molar-refractivity contribution < 1.29 is 50.9 Å². The van der Waals surface area contributed by atoms with Crippen LogP contribution in [0.25, 0.3) is 0 Å². The molecule has 0 radical (unpaired) electrons. The van der Waals surface area contributed by atoms with Crippen LogP contribution in [0.15, 0.2) is 24.5 Å². The average Bonchev–Trinajstić information content (AvgIpc) is 3.56. The zero-order valence-electron chi connectivity index (χ0n) is 19.2. The maximum atomic E-state index is 12.4. The number of rotatable bonds is 4. The highest BCUT2D eigenvalue weighted by atomic mass is 19.4. The molecule has 3 aliphatic rings. The molecule has 0 unspecified atom stereocenters. The summed E-state index contributed by atoms with van der Waals surface area (Å²) in [5.74, 6) is -4.22. The standard InChI is InChI=1S/C18H25N3O.2C2HF3O2/c22-17-5-6-18(21(17)14-16-2-1-9-19-12-16)7-10-20(11-8-18)13-15-3-4-15;2*3-2(4,5)1(6)7/h1-2,9,12,15H,3-8,10-11,13-14H2;2*(H,6,7). The molecule has 3 heterocycles. The van der Waals surface area contributed by atoms with Crippen molar-refractivity contribution in [3.8, 4) is 0 Å². The number of hydrogen-bond acceptors (Lipinski definition) is 5. The van der Waals surface area contributed by atoms with Gasteiger partial charge in [0.1, 0.15) is 0 Å². The number of alkyl halides is 6. The fraction of sp³-hybridized carbons (Fsp3) is 0.636. The van der Waals surface area contributed by atoms with E-state index < -0.39 is 24.3 Å². The average molecular weight is 527 g/mol. The minimum Gasteiger partial charge on any atom is -0.475 e. The number of nitrogens with zero attached hydrogens (tertiary/aromatic N) is 3. The van der Waals surface area contributed by atoms with Crippen molar-refractivity contribution in [3.05, 3.63) is 30.1 Å². The van der Waals surface area contributed by atoms with Crippen molar-refractivity contribution >= 4 is 17.8 Å². The number of piperidine rings is 1. The van der Waals surface area contributed by atoms with Gasteiger partial charge in [0.05, 0.1) is 0 Å². The number of pyridine rings is 1. The van der Waals surface area contributed by atoms with Crippen LogP contribution in [0.5, 0.6) is 0 Å². The second-order valence-electron chi connectivity index (χ2n) is 8.92. The van der Waals surface area contributed by atoms with Crippen molar-refractivity contribution in [3.63, 3.8) is 0 Å². The zero-order chi connectivity index (χ0) is 27.1. The van der Waals surface area contributed by atoms with Gasteiger partial charge in [-0.05, 0) is 49.7 Å². The molecule has 0 aromatic carbocycles. The first-order valence-corrected chi connectivity index (χ1v) is 11.2. The molecule has 1 amide bonds. The summed E-state index contributed by atoms with van der Waals surface area (Å²) >= 11 is 0. The minimum absolute atomic E-state index is 0.118. The van der Waals surface area contributed by atoms with Crippen molar-refractivity contribution in [2.45, 2.75) is 63.0 Å². The fourth-order valence-electron chi connectivity index (χ4n) is 4.14. The summed E-state index contributed by atoms with van der Waals surface area (Å²) in [5.41, 5.74) is 1.27. The SMILES string of the molecule is O=C(O)C(F)(F)F.O=C(O)C(F)(F)F.O=C1CCC2(CCN(CC3CC3)CC2)N1Cc1cccnc1.